The highest BCUT2D eigenvalue weighted by molar-refractivity contribution is 7.71. The minimum atomic E-state index is -2.30. The molecule has 0 bridgehead atoms. The largest absolute Gasteiger partial charge is 0.493 e. The summed E-state index contributed by atoms with van der Waals surface area (Å²) in [6, 6.07) is 8.89. The van der Waals surface area contributed by atoms with Crippen LogP contribution in [-0.4, -0.2) is 19.7 Å². The second-order valence-corrected chi connectivity index (χ2v) is 6.86. The Labute approximate surface area is 137 Å². The molecule has 0 saturated heterocycles. The van der Waals surface area contributed by atoms with Crippen LogP contribution in [0, 0.1) is 20.8 Å². The lowest BCUT2D eigenvalue weighted by Crippen LogP contribution is -2.11. The van der Waals surface area contributed by atoms with Gasteiger partial charge in [0.05, 0.1) is 19.8 Å². The molecular weight excluding hydrogens is 311 g/mol. The van der Waals surface area contributed by atoms with Gasteiger partial charge in [-0.3, -0.25) is 0 Å². The van der Waals surface area contributed by atoms with Crippen LogP contribution in [0.3, 0.4) is 0 Å². The topological polar surface area (TPSA) is 52.6 Å². The van der Waals surface area contributed by atoms with Crippen LogP contribution in [0.2, 0.25) is 0 Å². The van der Waals surface area contributed by atoms with Gasteiger partial charge in [-0.15, -0.1) is 0 Å². The van der Waals surface area contributed by atoms with Gasteiger partial charge in [0.25, 0.3) is 0 Å². The maximum atomic E-state index is 12.8. The van der Waals surface area contributed by atoms with E-state index in [4.69, 9.17) is 9.47 Å². The third-order valence-corrected chi connectivity index (χ3v) is 5.06. The van der Waals surface area contributed by atoms with Crippen molar-refractivity contribution < 1.29 is 18.8 Å². The average molecular weight is 331 g/mol. The van der Waals surface area contributed by atoms with Gasteiger partial charge in [0.2, 0.25) is 11.1 Å². The number of hydrogen-bond donors (Lipinski definition) is 0. The van der Waals surface area contributed by atoms with E-state index in [2.05, 4.69) is 0 Å². The van der Waals surface area contributed by atoms with Gasteiger partial charge >= 0.3 is 13.3 Å². The van der Waals surface area contributed by atoms with Crippen molar-refractivity contribution in [1.82, 2.24) is 0 Å². The molecule has 2 aromatic carbocycles. The van der Waals surface area contributed by atoms with Crippen molar-refractivity contribution in [3.05, 3.63) is 52.6 Å². The van der Waals surface area contributed by atoms with Gasteiger partial charge in [-0.1, -0.05) is 28.3 Å². The van der Waals surface area contributed by atoms with Gasteiger partial charge in [-0.2, -0.15) is 0 Å². The number of aryl methyl sites for hydroxylation is 3. The highest BCUT2D eigenvalue weighted by atomic mass is 31.1. The van der Waals surface area contributed by atoms with Crippen molar-refractivity contribution >= 4 is 18.6 Å². The summed E-state index contributed by atoms with van der Waals surface area (Å²) >= 11 is 0. The summed E-state index contributed by atoms with van der Waals surface area (Å²) in [7, 11) is 0.677. The lowest BCUT2D eigenvalue weighted by molar-refractivity contribution is 0.107. The van der Waals surface area contributed by atoms with E-state index >= 15 is 0 Å². The molecule has 5 heteroatoms. The fourth-order valence-corrected chi connectivity index (χ4v) is 4.14. The molecule has 0 aliphatic carbocycles. The first-order valence-corrected chi connectivity index (χ1v) is 8.47. The zero-order chi connectivity index (χ0) is 17.1. The van der Waals surface area contributed by atoms with E-state index in [1.807, 2.05) is 32.9 Å². The van der Waals surface area contributed by atoms with Crippen molar-refractivity contribution in [2.24, 2.45) is 0 Å². The number of methoxy groups -OCH3 is 2. The lowest BCUT2D eigenvalue weighted by atomic mass is 10.0. The Hall–Kier alpha value is -2.19. The van der Waals surface area contributed by atoms with E-state index in [9.17, 15) is 9.36 Å². The van der Waals surface area contributed by atoms with Crippen molar-refractivity contribution in [2.75, 3.05) is 14.2 Å². The predicted octanol–water partition coefficient (Wildman–Crippen LogP) is 3.92. The molecule has 4 nitrogen and oxygen atoms in total. The molecule has 1 unspecified atom stereocenters. The normalized spacial score (nSPS) is 11.1. The molecule has 0 spiro atoms. The Morgan fingerprint density at radius 2 is 1.61 bits per heavy atom. The van der Waals surface area contributed by atoms with E-state index in [-0.39, 0.29) is 5.52 Å². The SMILES string of the molecule is COc1cccc([P+](=O)C(=O)c2c(C)cc(C)cc2C)c1OC. The van der Waals surface area contributed by atoms with Crippen LogP contribution in [0.1, 0.15) is 27.0 Å². The average Bonchev–Trinajstić information content (AvgIpc) is 2.52. The predicted molar refractivity (Wildman–Crippen MR) is 91.8 cm³/mol. The fraction of sp³-hybridized carbons (Fsp3) is 0.278. The number of para-hydroxylation sites is 1. The standard InChI is InChI=1S/C18H20O4P/c1-11-9-12(2)16(13(3)10-11)18(19)23(20)15-8-6-7-14(21-4)17(15)22-5/h6-10H,1-5H3/q+1. The van der Waals surface area contributed by atoms with Crippen molar-refractivity contribution in [3.63, 3.8) is 0 Å². The number of hydrogen-bond acceptors (Lipinski definition) is 4. The molecule has 23 heavy (non-hydrogen) atoms. The molecule has 0 heterocycles. The maximum Gasteiger partial charge on any atom is 0.462 e. The Kier molecular flexibility index (Phi) is 5.17. The number of rotatable bonds is 5. The van der Waals surface area contributed by atoms with Crippen molar-refractivity contribution in [3.8, 4) is 11.5 Å². The second kappa shape index (κ2) is 6.93. The second-order valence-electron chi connectivity index (χ2n) is 5.39. The minimum absolute atomic E-state index is 0.340. The molecule has 0 N–H and O–H groups in total. The summed E-state index contributed by atoms with van der Waals surface area (Å²) in [6.45, 7) is 5.69. The zero-order valence-corrected chi connectivity index (χ0v) is 14.9. The summed E-state index contributed by atoms with van der Waals surface area (Å²) in [5, 5.41) is 0.353. The molecule has 2 aromatic rings. The highest BCUT2D eigenvalue weighted by Gasteiger charge is 2.38. The molecule has 0 aliphatic heterocycles. The maximum absolute atomic E-state index is 12.8. The van der Waals surface area contributed by atoms with E-state index in [1.165, 1.54) is 14.2 Å². The summed E-state index contributed by atoms with van der Waals surface area (Å²) in [6.07, 6.45) is 0. The Bertz CT molecular complexity index is 758. The van der Waals surface area contributed by atoms with E-state index < -0.39 is 7.80 Å². The molecular formula is C18H20O4P+. The van der Waals surface area contributed by atoms with Crippen molar-refractivity contribution in [1.29, 1.82) is 0 Å². The molecule has 0 amide bonds. The number of carbonyl (C=O) groups is 1. The first kappa shape index (κ1) is 17.2. The van der Waals surface area contributed by atoms with Gasteiger partial charge in [0.1, 0.15) is 0 Å². The van der Waals surface area contributed by atoms with Crippen molar-refractivity contribution in [2.45, 2.75) is 20.8 Å². The summed E-state index contributed by atoms with van der Waals surface area (Å²) in [5.74, 6) is 0.797. The van der Waals surface area contributed by atoms with E-state index in [0.29, 0.717) is 22.4 Å². The van der Waals surface area contributed by atoms with Gasteiger partial charge < -0.3 is 9.47 Å². The molecule has 0 fully saturated rings. The lowest BCUT2D eigenvalue weighted by Gasteiger charge is -2.08. The van der Waals surface area contributed by atoms with Gasteiger partial charge in [0.15, 0.2) is 5.75 Å². The first-order valence-electron chi connectivity index (χ1n) is 7.21. The van der Waals surface area contributed by atoms with Crippen LogP contribution >= 0.6 is 7.80 Å². The van der Waals surface area contributed by atoms with Gasteiger partial charge in [0, 0.05) is 0 Å². The third-order valence-electron chi connectivity index (χ3n) is 3.68. The number of carbonyl (C=O) groups excluding carboxylic acids is 1. The number of ether oxygens (including phenoxy) is 2. The zero-order valence-electron chi connectivity index (χ0n) is 14.0. The first-order chi connectivity index (χ1) is 10.9. The summed E-state index contributed by atoms with van der Waals surface area (Å²) in [4.78, 5) is 12.8. The Balaban J connectivity index is 2.52. The van der Waals surface area contributed by atoms with Gasteiger partial charge in [-0.05, 0) is 44.0 Å². The van der Waals surface area contributed by atoms with Crippen LogP contribution in [0.25, 0.3) is 0 Å². The fourth-order valence-electron chi connectivity index (χ4n) is 2.76. The van der Waals surface area contributed by atoms with Crippen LogP contribution in [0.5, 0.6) is 11.5 Å². The van der Waals surface area contributed by atoms with Crippen LogP contribution < -0.4 is 14.8 Å². The smallest absolute Gasteiger partial charge is 0.462 e. The van der Waals surface area contributed by atoms with Crippen LogP contribution in [0.15, 0.2) is 30.3 Å². The summed E-state index contributed by atoms with van der Waals surface area (Å²) in [5.41, 5.74) is 2.87. The molecule has 0 aromatic heterocycles. The van der Waals surface area contributed by atoms with E-state index in [1.54, 1.807) is 18.2 Å². The van der Waals surface area contributed by atoms with Crippen LogP contribution in [-0.2, 0) is 4.57 Å². The molecule has 1 atom stereocenters. The van der Waals surface area contributed by atoms with E-state index in [0.717, 1.165) is 16.7 Å². The minimum Gasteiger partial charge on any atom is -0.493 e. The molecule has 0 radical (unpaired) electrons. The summed E-state index contributed by atoms with van der Waals surface area (Å²) < 4.78 is 23.3. The highest BCUT2D eigenvalue weighted by Crippen LogP contribution is 2.37. The molecule has 2 rings (SSSR count). The molecule has 0 saturated carbocycles. The monoisotopic (exact) mass is 331 g/mol. The Morgan fingerprint density at radius 1 is 1.00 bits per heavy atom. The molecule has 0 aliphatic rings. The quantitative estimate of drug-likeness (QED) is 0.779. The third kappa shape index (κ3) is 3.27. The van der Waals surface area contributed by atoms with Crippen LogP contribution in [0.4, 0.5) is 0 Å². The Morgan fingerprint density at radius 3 is 2.13 bits per heavy atom. The van der Waals surface area contributed by atoms with Gasteiger partial charge in [-0.25, -0.2) is 4.79 Å². The molecule has 120 valence electrons. The number of benzene rings is 2.